The molecule has 2 heteroatoms. The zero-order valence-electron chi connectivity index (χ0n) is 13.0. The van der Waals surface area contributed by atoms with E-state index in [9.17, 15) is 0 Å². The number of nitrogens with one attached hydrogen (secondary N) is 1. The van der Waals surface area contributed by atoms with Crippen molar-refractivity contribution in [3.63, 3.8) is 0 Å². The van der Waals surface area contributed by atoms with Gasteiger partial charge >= 0.3 is 0 Å². The van der Waals surface area contributed by atoms with E-state index in [2.05, 4.69) is 55.6 Å². The van der Waals surface area contributed by atoms with Crippen LogP contribution in [0.5, 0.6) is 5.75 Å². The zero-order chi connectivity index (χ0) is 14.9. The molecule has 0 unspecified atom stereocenters. The fourth-order valence-electron chi connectivity index (χ4n) is 2.13. The third-order valence-electron chi connectivity index (χ3n) is 3.41. The van der Waals surface area contributed by atoms with E-state index in [1.54, 1.807) is 0 Å². The monoisotopic (exact) mass is 283 g/mol. The lowest BCUT2D eigenvalue weighted by atomic mass is 10.1. The van der Waals surface area contributed by atoms with Gasteiger partial charge in [-0.25, -0.2) is 0 Å². The second kappa shape index (κ2) is 8.48. The highest BCUT2D eigenvalue weighted by molar-refractivity contribution is 5.63. The van der Waals surface area contributed by atoms with E-state index in [1.165, 1.54) is 17.5 Å². The van der Waals surface area contributed by atoms with Crippen molar-refractivity contribution in [3.05, 3.63) is 54.6 Å². The van der Waals surface area contributed by atoms with Gasteiger partial charge in [0.05, 0.1) is 0 Å². The Morgan fingerprint density at radius 3 is 2.19 bits per heavy atom. The molecule has 0 saturated heterocycles. The summed E-state index contributed by atoms with van der Waals surface area (Å²) in [7, 11) is 0. The normalized spacial score (nSPS) is 10.8. The molecule has 0 aliphatic carbocycles. The standard InChI is InChI=1S/C19H25NO/c1-16(2)12-13-20-14-15-21-19-10-8-18(9-11-19)17-6-4-3-5-7-17/h3-11,16,20H,12-15H2,1-2H3. The highest BCUT2D eigenvalue weighted by Crippen LogP contribution is 2.21. The van der Waals surface area contributed by atoms with Crippen molar-refractivity contribution in [2.75, 3.05) is 19.7 Å². The Labute approximate surface area is 128 Å². The topological polar surface area (TPSA) is 21.3 Å². The van der Waals surface area contributed by atoms with Crippen molar-refractivity contribution in [1.29, 1.82) is 0 Å². The van der Waals surface area contributed by atoms with E-state index in [0.29, 0.717) is 6.61 Å². The van der Waals surface area contributed by atoms with Gasteiger partial charge in [0.15, 0.2) is 0 Å². The lowest BCUT2D eigenvalue weighted by molar-refractivity contribution is 0.312. The van der Waals surface area contributed by atoms with Crippen LogP contribution in [-0.2, 0) is 0 Å². The van der Waals surface area contributed by atoms with E-state index in [4.69, 9.17) is 4.74 Å². The van der Waals surface area contributed by atoms with E-state index < -0.39 is 0 Å². The van der Waals surface area contributed by atoms with Gasteiger partial charge in [0.1, 0.15) is 12.4 Å². The first kappa shape index (κ1) is 15.6. The maximum absolute atomic E-state index is 5.74. The smallest absolute Gasteiger partial charge is 0.119 e. The second-order valence-electron chi connectivity index (χ2n) is 5.67. The number of benzene rings is 2. The van der Waals surface area contributed by atoms with Gasteiger partial charge in [-0.05, 0) is 42.1 Å². The van der Waals surface area contributed by atoms with Gasteiger partial charge in [0, 0.05) is 6.54 Å². The van der Waals surface area contributed by atoms with Gasteiger partial charge in [-0.1, -0.05) is 56.3 Å². The molecule has 0 aliphatic rings. The van der Waals surface area contributed by atoms with Crippen molar-refractivity contribution >= 4 is 0 Å². The van der Waals surface area contributed by atoms with Crippen LogP contribution < -0.4 is 10.1 Å². The lowest BCUT2D eigenvalue weighted by Crippen LogP contribution is -2.22. The van der Waals surface area contributed by atoms with Crippen LogP contribution in [0.3, 0.4) is 0 Å². The van der Waals surface area contributed by atoms with E-state index >= 15 is 0 Å². The third kappa shape index (κ3) is 5.60. The fourth-order valence-corrected chi connectivity index (χ4v) is 2.13. The van der Waals surface area contributed by atoms with Gasteiger partial charge in [-0.2, -0.15) is 0 Å². The van der Waals surface area contributed by atoms with Crippen molar-refractivity contribution in [2.45, 2.75) is 20.3 Å². The maximum atomic E-state index is 5.74. The van der Waals surface area contributed by atoms with Crippen molar-refractivity contribution in [1.82, 2.24) is 5.32 Å². The molecule has 0 spiro atoms. The summed E-state index contributed by atoms with van der Waals surface area (Å²) in [4.78, 5) is 0. The molecule has 2 aromatic rings. The first-order chi connectivity index (χ1) is 10.3. The number of rotatable bonds is 8. The van der Waals surface area contributed by atoms with Crippen LogP contribution in [0.1, 0.15) is 20.3 Å². The van der Waals surface area contributed by atoms with Crippen LogP contribution in [0.4, 0.5) is 0 Å². The zero-order valence-corrected chi connectivity index (χ0v) is 13.0. The summed E-state index contributed by atoms with van der Waals surface area (Å²) in [5.74, 6) is 1.68. The third-order valence-corrected chi connectivity index (χ3v) is 3.41. The van der Waals surface area contributed by atoms with Crippen molar-refractivity contribution in [2.24, 2.45) is 5.92 Å². The minimum absolute atomic E-state index is 0.711. The molecule has 0 bridgehead atoms. The summed E-state index contributed by atoms with van der Waals surface area (Å²) in [5.41, 5.74) is 2.46. The summed E-state index contributed by atoms with van der Waals surface area (Å²) >= 11 is 0. The molecule has 2 nitrogen and oxygen atoms in total. The second-order valence-corrected chi connectivity index (χ2v) is 5.67. The van der Waals surface area contributed by atoms with E-state index in [-0.39, 0.29) is 0 Å². The van der Waals surface area contributed by atoms with E-state index in [1.807, 2.05) is 18.2 Å². The summed E-state index contributed by atoms with van der Waals surface area (Å²) in [6.45, 7) is 7.16. The Morgan fingerprint density at radius 1 is 0.857 bits per heavy atom. The highest BCUT2D eigenvalue weighted by atomic mass is 16.5. The average Bonchev–Trinajstić information content (AvgIpc) is 2.52. The molecule has 2 aromatic carbocycles. The summed E-state index contributed by atoms with van der Waals surface area (Å²) in [6.07, 6.45) is 1.21. The molecule has 1 N–H and O–H groups in total. The Morgan fingerprint density at radius 2 is 1.52 bits per heavy atom. The van der Waals surface area contributed by atoms with E-state index in [0.717, 1.165) is 24.8 Å². The molecular formula is C19H25NO. The lowest BCUT2D eigenvalue weighted by Gasteiger charge is -2.09. The first-order valence-electron chi connectivity index (χ1n) is 7.74. The Bertz CT molecular complexity index is 505. The molecule has 112 valence electrons. The molecule has 21 heavy (non-hydrogen) atoms. The van der Waals surface area contributed by atoms with Crippen LogP contribution in [0.15, 0.2) is 54.6 Å². The molecule has 0 fully saturated rings. The predicted octanol–water partition coefficient (Wildman–Crippen LogP) is 4.37. The quantitative estimate of drug-likeness (QED) is 0.726. The molecule has 0 aromatic heterocycles. The van der Waals surface area contributed by atoms with Gasteiger partial charge in [0.25, 0.3) is 0 Å². The highest BCUT2D eigenvalue weighted by Gasteiger charge is 1.98. The maximum Gasteiger partial charge on any atom is 0.119 e. The Kier molecular flexibility index (Phi) is 6.29. The SMILES string of the molecule is CC(C)CCNCCOc1ccc(-c2ccccc2)cc1. The Hall–Kier alpha value is -1.80. The predicted molar refractivity (Wildman–Crippen MR) is 89.7 cm³/mol. The summed E-state index contributed by atoms with van der Waals surface area (Å²) in [6, 6.07) is 18.7. The molecular weight excluding hydrogens is 258 g/mol. The van der Waals surface area contributed by atoms with Gasteiger partial charge in [0.2, 0.25) is 0 Å². The fraction of sp³-hybridized carbons (Fsp3) is 0.368. The molecule has 0 heterocycles. The molecule has 0 aliphatic heterocycles. The molecule has 0 radical (unpaired) electrons. The largest absolute Gasteiger partial charge is 0.492 e. The van der Waals surface area contributed by atoms with Crippen molar-refractivity contribution in [3.8, 4) is 16.9 Å². The van der Waals surface area contributed by atoms with Crippen molar-refractivity contribution < 1.29 is 4.74 Å². The minimum atomic E-state index is 0.711. The number of hydrogen-bond acceptors (Lipinski definition) is 2. The average molecular weight is 283 g/mol. The van der Waals surface area contributed by atoms with Gasteiger partial charge < -0.3 is 10.1 Å². The molecule has 0 saturated carbocycles. The van der Waals surface area contributed by atoms with Crippen LogP contribution in [0.25, 0.3) is 11.1 Å². The van der Waals surface area contributed by atoms with Crippen LogP contribution in [0.2, 0.25) is 0 Å². The Balaban J connectivity index is 1.73. The van der Waals surface area contributed by atoms with Gasteiger partial charge in [-0.15, -0.1) is 0 Å². The summed E-state index contributed by atoms with van der Waals surface area (Å²) in [5, 5.41) is 3.40. The van der Waals surface area contributed by atoms with Gasteiger partial charge in [-0.3, -0.25) is 0 Å². The van der Waals surface area contributed by atoms with Crippen LogP contribution in [-0.4, -0.2) is 19.7 Å². The molecule has 0 amide bonds. The number of hydrogen-bond donors (Lipinski definition) is 1. The summed E-state index contributed by atoms with van der Waals surface area (Å²) < 4.78 is 5.74. The number of ether oxygens (including phenoxy) is 1. The molecule has 0 atom stereocenters. The minimum Gasteiger partial charge on any atom is -0.492 e. The first-order valence-corrected chi connectivity index (χ1v) is 7.74. The van der Waals surface area contributed by atoms with Crippen LogP contribution >= 0.6 is 0 Å². The van der Waals surface area contributed by atoms with Crippen LogP contribution in [0, 0.1) is 5.92 Å². The molecule has 2 rings (SSSR count).